The van der Waals surface area contributed by atoms with Crippen LogP contribution in [0.4, 0.5) is 0 Å². The lowest BCUT2D eigenvalue weighted by atomic mass is 10.1. The molecule has 0 aliphatic carbocycles. The molecule has 1 fully saturated rings. The highest BCUT2D eigenvalue weighted by molar-refractivity contribution is 5.88. The topological polar surface area (TPSA) is 89.3 Å². The molecule has 1 saturated heterocycles. The number of hydrazone groups is 1. The summed E-state index contributed by atoms with van der Waals surface area (Å²) in [4.78, 5) is 26.5. The van der Waals surface area contributed by atoms with Crippen molar-refractivity contribution in [2.45, 2.75) is 13.5 Å². The van der Waals surface area contributed by atoms with Gasteiger partial charge in [0.25, 0.3) is 5.91 Å². The summed E-state index contributed by atoms with van der Waals surface area (Å²) in [5.41, 5.74) is 5.94. The molecular formula is C22H26N4O3. The van der Waals surface area contributed by atoms with E-state index in [4.69, 9.17) is 0 Å². The summed E-state index contributed by atoms with van der Waals surface area (Å²) in [6.45, 7) is 7.20. The van der Waals surface area contributed by atoms with Crippen LogP contribution in [0.1, 0.15) is 27.0 Å². The van der Waals surface area contributed by atoms with E-state index in [9.17, 15) is 14.7 Å². The van der Waals surface area contributed by atoms with Gasteiger partial charge in [-0.3, -0.25) is 9.69 Å². The summed E-state index contributed by atoms with van der Waals surface area (Å²) in [5, 5.41) is 14.7. The molecule has 0 spiro atoms. The van der Waals surface area contributed by atoms with Crippen LogP contribution in [0.25, 0.3) is 0 Å². The maximum Gasteiger partial charge on any atom is 0.295 e. The Morgan fingerprint density at radius 3 is 2.38 bits per heavy atom. The highest BCUT2D eigenvalue weighted by atomic mass is 16.4. The van der Waals surface area contributed by atoms with Crippen LogP contribution in [0.15, 0.2) is 53.6 Å². The maximum absolute atomic E-state index is 12.1. The van der Waals surface area contributed by atoms with Gasteiger partial charge in [0, 0.05) is 19.6 Å². The SMILES string of the molecule is Cc1ccc(CN2CC[NH+](CC(=O)N/N=C\c3ccc(C(=O)[O-])cc3)CC2)cc1. The lowest BCUT2D eigenvalue weighted by Gasteiger charge is -2.31. The van der Waals surface area contributed by atoms with Crippen molar-refractivity contribution < 1.29 is 19.6 Å². The molecule has 1 aliphatic rings. The summed E-state index contributed by atoms with van der Waals surface area (Å²) < 4.78 is 0. The van der Waals surface area contributed by atoms with Crippen LogP contribution in [0.2, 0.25) is 0 Å². The fourth-order valence-corrected chi connectivity index (χ4v) is 3.31. The van der Waals surface area contributed by atoms with E-state index >= 15 is 0 Å². The first kappa shape index (κ1) is 20.7. The second-order valence-electron chi connectivity index (χ2n) is 7.39. The van der Waals surface area contributed by atoms with Gasteiger partial charge in [-0.05, 0) is 23.6 Å². The first-order valence-corrected chi connectivity index (χ1v) is 9.74. The molecule has 2 aromatic rings. The average molecular weight is 394 g/mol. The van der Waals surface area contributed by atoms with Gasteiger partial charge in [-0.15, -0.1) is 0 Å². The average Bonchev–Trinajstić information content (AvgIpc) is 2.71. The Hall–Kier alpha value is -3.03. The molecule has 1 heterocycles. The number of aryl methyl sites for hydroxylation is 1. The van der Waals surface area contributed by atoms with Gasteiger partial charge < -0.3 is 14.8 Å². The summed E-state index contributed by atoms with van der Waals surface area (Å²) in [7, 11) is 0. The third kappa shape index (κ3) is 6.51. The van der Waals surface area contributed by atoms with Crippen molar-refractivity contribution in [2.24, 2.45) is 5.10 Å². The highest BCUT2D eigenvalue weighted by Crippen LogP contribution is 2.07. The lowest BCUT2D eigenvalue weighted by Crippen LogP contribution is -3.15. The molecule has 29 heavy (non-hydrogen) atoms. The van der Waals surface area contributed by atoms with Crippen LogP contribution >= 0.6 is 0 Å². The number of carbonyl (C=O) groups excluding carboxylic acids is 2. The van der Waals surface area contributed by atoms with Gasteiger partial charge in [-0.25, -0.2) is 5.43 Å². The van der Waals surface area contributed by atoms with E-state index in [1.807, 2.05) is 0 Å². The minimum Gasteiger partial charge on any atom is -0.545 e. The zero-order valence-electron chi connectivity index (χ0n) is 16.6. The van der Waals surface area contributed by atoms with E-state index in [2.05, 4.69) is 46.6 Å². The number of carboxylic acid groups (broad SMARTS) is 1. The van der Waals surface area contributed by atoms with E-state index in [0.717, 1.165) is 32.7 Å². The maximum atomic E-state index is 12.1. The predicted molar refractivity (Wildman–Crippen MR) is 109 cm³/mol. The molecule has 0 radical (unpaired) electrons. The fourth-order valence-electron chi connectivity index (χ4n) is 3.31. The third-order valence-corrected chi connectivity index (χ3v) is 5.05. The van der Waals surface area contributed by atoms with Crippen LogP contribution in [0.3, 0.4) is 0 Å². The normalized spacial score (nSPS) is 15.5. The Bertz CT molecular complexity index is 855. The first-order valence-electron chi connectivity index (χ1n) is 9.74. The Kier molecular flexibility index (Phi) is 7.10. The molecular weight excluding hydrogens is 368 g/mol. The van der Waals surface area contributed by atoms with Crippen LogP contribution in [0.5, 0.6) is 0 Å². The molecule has 0 aromatic heterocycles. The number of amides is 1. The third-order valence-electron chi connectivity index (χ3n) is 5.05. The number of benzene rings is 2. The molecule has 3 rings (SSSR count). The van der Waals surface area contributed by atoms with Crippen LogP contribution in [-0.4, -0.2) is 55.7 Å². The number of rotatable bonds is 7. The number of nitrogens with one attached hydrogen (secondary N) is 2. The van der Waals surface area contributed by atoms with Gasteiger partial charge in [0.1, 0.15) is 0 Å². The zero-order valence-corrected chi connectivity index (χ0v) is 16.6. The number of nitrogens with zero attached hydrogens (tertiary/aromatic N) is 2. The van der Waals surface area contributed by atoms with Crippen molar-refractivity contribution in [3.8, 4) is 0 Å². The second-order valence-corrected chi connectivity index (χ2v) is 7.39. The molecule has 2 N–H and O–H groups in total. The summed E-state index contributed by atoms with van der Waals surface area (Å²) in [6.07, 6.45) is 1.49. The van der Waals surface area contributed by atoms with E-state index in [1.54, 1.807) is 12.1 Å². The number of quaternary nitrogens is 1. The van der Waals surface area contributed by atoms with Gasteiger partial charge in [-0.1, -0.05) is 54.1 Å². The smallest absolute Gasteiger partial charge is 0.295 e. The Labute approximate surface area is 170 Å². The van der Waals surface area contributed by atoms with E-state index in [0.29, 0.717) is 12.1 Å². The lowest BCUT2D eigenvalue weighted by molar-refractivity contribution is -0.896. The van der Waals surface area contributed by atoms with Gasteiger partial charge in [-0.2, -0.15) is 5.10 Å². The molecule has 0 bridgehead atoms. The van der Waals surface area contributed by atoms with Crippen LogP contribution in [-0.2, 0) is 11.3 Å². The largest absolute Gasteiger partial charge is 0.545 e. The number of piperazine rings is 1. The molecule has 0 unspecified atom stereocenters. The van der Waals surface area contributed by atoms with Gasteiger partial charge in [0.15, 0.2) is 6.54 Å². The molecule has 7 nitrogen and oxygen atoms in total. The minimum atomic E-state index is -1.22. The molecule has 7 heteroatoms. The second kappa shape index (κ2) is 9.95. The quantitative estimate of drug-likeness (QED) is 0.476. The molecule has 0 saturated carbocycles. The summed E-state index contributed by atoms with van der Waals surface area (Å²) in [5.74, 6) is -1.35. The van der Waals surface area contributed by atoms with Crippen molar-refractivity contribution in [3.63, 3.8) is 0 Å². The molecule has 0 atom stereocenters. The van der Waals surface area contributed by atoms with Crippen molar-refractivity contribution in [1.29, 1.82) is 0 Å². The van der Waals surface area contributed by atoms with E-state index in [-0.39, 0.29) is 11.5 Å². The van der Waals surface area contributed by atoms with Crippen molar-refractivity contribution in [2.75, 3.05) is 32.7 Å². The van der Waals surface area contributed by atoms with E-state index < -0.39 is 5.97 Å². The van der Waals surface area contributed by atoms with E-state index in [1.165, 1.54) is 34.4 Å². The highest BCUT2D eigenvalue weighted by Gasteiger charge is 2.21. The van der Waals surface area contributed by atoms with Crippen LogP contribution in [0, 0.1) is 6.92 Å². The van der Waals surface area contributed by atoms with Gasteiger partial charge in [0.2, 0.25) is 0 Å². The summed E-state index contributed by atoms with van der Waals surface area (Å²) >= 11 is 0. The standard InChI is InChI=1S/C22H26N4O3/c1-17-2-4-19(5-3-17)15-25-10-12-26(13-11-25)16-21(27)24-23-14-18-6-8-20(9-7-18)22(28)29/h2-9,14H,10-13,15-16H2,1H3,(H,24,27)(H,28,29)/b23-14-. The Morgan fingerprint density at radius 1 is 1.10 bits per heavy atom. The minimum absolute atomic E-state index is 0.108. The number of carbonyl (C=O) groups is 2. The Morgan fingerprint density at radius 2 is 1.76 bits per heavy atom. The first-order chi connectivity index (χ1) is 14.0. The van der Waals surface area contributed by atoms with Crippen molar-refractivity contribution >= 4 is 18.1 Å². The summed E-state index contributed by atoms with van der Waals surface area (Å²) in [6, 6.07) is 14.7. The number of hydrogen-bond donors (Lipinski definition) is 2. The molecule has 1 aliphatic heterocycles. The number of carboxylic acids is 1. The predicted octanol–water partition coefficient (Wildman–Crippen LogP) is -0.791. The molecule has 1 amide bonds. The number of hydrogen-bond acceptors (Lipinski definition) is 5. The molecule has 2 aromatic carbocycles. The number of aromatic carboxylic acids is 1. The monoisotopic (exact) mass is 394 g/mol. The van der Waals surface area contributed by atoms with Crippen LogP contribution < -0.4 is 15.4 Å². The van der Waals surface area contributed by atoms with Gasteiger partial charge >= 0.3 is 0 Å². The Balaban J connectivity index is 1.38. The van der Waals surface area contributed by atoms with Gasteiger partial charge in [0.05, 0.1) is 25.3 Å². The van der Waals surface area contributed by atoms with Crippen molar-refractivity contribution in [3.05, 3.63) is 70.8 Å². The fraction of sp³-hybridized carbons (Fsp3) is 0.318. The van der Waals surface area contributed by atoms with Crippen molar-refractivity contribution in [1.82, 2.24) is 10.3 Å². The molecule has 152 valence electrons. The zero-order chi connectivity index (χ0) is 20.6.